The molecule has 1 aromatic rings. The fourth-order valence-corrected chi connectivity index (χ4v) is 4.41. The maximum atomic E-state index is 12.8. The van der Waals surface area contributed by atoms with Crippen molar-refractivity contribution in [3.05, 3.63) is 21.9 Å². The number of likely N-dealkylation sites (tertiary alicyclic amines) is 1. The molecule has 4 nitrogen and oxygen atoms in total. The van der Waals surface area contributed by atoms with E-state index in [1.54, 1.807) is 11.3 Å². The standard InChI is InChI=1S/C16H23NO3S/c18-9-10-20-12-4-7-17(8-5-12)16(19)14-2-1-3-15-13(14)6-11-21-15/h6,11-12,14,18H,1-5,7-10H2. The number of thiophene rings is 1. The number of carbonyl (C=O) groups is 1. The Kier molecular flexibility index (Phi) is 4.93. The Morgan fingerprint density at radius 3 is 2.95 bits per heavy atom. The van der Waals surface area contributed by atoms with E-state index in [2.05, 4.69) is 11.4 Å². The zero-order chi connectivity index (χ0) is 14.7. The molecule has 3 rings (SSSR count). The summed E-state index contributed by atoms with van der Waals surface area (Å²) in [7, 11) is 0. The molecule has 1 amide bonds. The second kappa shape index (κ2) is 6.90. The fraction of sp³-hybridized carbons (Fsp3) is 0.688. The lowest BCUT2D eigenvalue weighted by molar-refractivity contribution is -0.136. The molecule has 0 saturated carbocycles. The maximum Gasteiger partial charge on any atom is 0.230 e. The minimum Gasteiger partial charge on any atom is -0.394 e. The average molecular weight is 309 g/mol. The molecule has 1 N–H and O–H groups in total. The molecule has 1 aliphatic carbocycles. The van der Waals surface area contributed by atoms with Crippen LogP contribution in [-0.2, 0) is 16.0 Å². The second-order valence-corrected chi connectivity index (χ2v) is 6.86. The van der Waals surface area contributed by atoms with Gasteiger partial charge in [-0.15, -0.1) is 11.3 Å². The lowest BCUT2D eigenvalue weighted by Crippen LogP contribution is -2.43. The molecule has 116 valence electrons. The maximum absolute atomic E-state index is 12.8. The SMILES string of the molecule is O=C(C1CCCc2sccc21)N1CCC(OCCO)CC1. The Hall–Kier alpha value is -0.910. The summed E-state index contributed by atoms with van der Waals surface area (Å²) in [5.74, 6) is 0.380. The van der Waals surface area contributed by atoms with E-state index < -0.39 is 0 Å². The van der Waals surface area contributed by atoms with E-state index in [9.17, 15) is 4.79 Å². The van der Waals surface area contributed by atoms with Crippen LogP contribution in [0.3, 0.4) is 0 Å². The predicted molar refractivity (Wildman–Crippen MR) is 82.6 cm³/mol. The van der Waals surface area contributed by atoms with E-state index in [-0.39, 0.29) is 18.6 Å². The first-order valence-electron chi connectivity index (χ1n) is 7.87. The third-order valence-corrected chi connectivity index (χ3v) is 5.55. The second-order valence-electron chi connectivity index (χ2n) is 5.86. The number of piperidine rings is 1. The molecule has 0 radical (unpaired) electrons. The monoisotopic (exact) mass is 309 g/mol. The van der Waals surface area contributed by atoms with Gasteiger partial charge in [-0.05, 0) is 49.1 Å². The van der Waals surface area contributed by atoms with E-state index in [4.69, 9.17) is 9.84 Å². The van der Waals surface area contributed by atoms with Crippen LogP contribution in [0.2, 0.25) is 0 Å². The summed E-state index contributed by atoms with van der Waals surface area (Å²) >= 11 is 1.79. The lowest BCUT2D eigenvalue weighted by atomic mass is 9.86. The lowest BCUT2D eigenvalue weighted by Gasteiger charge is -2.35. The van der Waals surface area contributed by atoms with Crippen molar-refractivity contribution in [2.45, 2.75) is 44.1 Å². The Morgan fingerprint density at radius 2 is 2.19 bits per heavy atom. The van der Waals surface area contributed by atoms with Crippen LogP contribution in [0.4, 0.5) is 0 Å². The summed E-state index contributed by atoms with van der Waals surface area (Å²) in [6.07, 6.45) is 5.21. The van der Waals surface area contributed by atoms with Crippen molar-refractivity contribution in [3.8, 4) is 0 Å². The van der Waals surface area contributed by atoms with Crippen molar-refractivity contribution < 1.29 is 14.6 Å². The number of aliphatic hydroxyl groups is 1. The topological polar surface area (TPSA) is 49.8 Å². The molecule has 2 aliphatic rings. The fourth-order valence-electron chi connectivity index (χ4n) is 3.43. The van der Waals surface area contributed by atoms with Crippen LogP contribution in [-0.4, -0.2) is 48.3 Å². The third kappa shape index (κ3) is 3.30. The van der Waals surface area contributed by atoms with E-state index >= 15 is 0 Å². The summed E-state index contributed by atoms with van der Waals surface area (Å²) in [6.45, 7) is 2.04. The number of hydrogen-bond donors (Lipinski definition) is 1. The van der Waals surface area contributed by atoms with E-state index in [1.165, 1.54) is 10.4 Å². The number of rotatable bonds is 4. The number of hydrogen-bond acceptors (Lipinski definition) is 4. The minimum atomic E-state index is 0.0716. The quantitative estimate of drug-likeness (QED) is 0.927. The van der Waals surface area contributed by atoms with Gasteiger partial charge in [-0.25, -0.2) is 0 Å². The van der Waals surface area contributed by atoms with Crippen LogP contribution in [0.1, 0.15) is 42.0 Å². The van der Waals surface area contributed by atoms with Gasteiger partial charge in [-0.3, -0.25) is 4.79 Å². The highest BCUT2D eigenvalue weighted by atomic mass is 32.1. The van der Waals surface area contributed by atoms with Crippen LogP contribution in [0.25, 0.3) is 0 Å². The number of carbonyl (C=O) groups excluding carboxylic acids is 1. The molecule has 1 atom stereocenters. The molecule has 0 spiro atoms. The van der Waals surface area contributed by atoms with E-state index in [0.29, 0.717) is 12.5 Å². The minimum absolute atomic E-state index is 0.0716. The molecule has 21 heavy (non-hydrogen) atoms. The molecule has 1 aliphatic heterocycles. The van der Waals surface area contributed by atoms with Crippen molar-refractivity contribution in [2.75, 3.05) is 26.3 Å². The van der Waals surface area contributed by atoms with Gasteiger partial charge in [0.2, 0.25) is 5.91 Å². The van der Waals surface area contributed by atoms with Gasteiger partial charge in [0.1, 0.15) is 0 Å². The number of aryl methyl sites for hydroxylation is 1. The van der Waals surface area contributed by atoms with Gasteiger partial charge in [0, 0.05) is 18.0 Å². The molecule has 0 aromatic carbocycles. The summed E-state index contributed by atoms with van der Waals surface area (Å²) in [4.78, 5) is 16.2. The largest absolute Gasteiger partial charge is 0.394 e. The smallest absolute Gasteiger partial charge is 0.230 e. The highest BCUT2D eigenvalue weighted by Crippen LogP contribution is 2.36. The molecule has 1 unspecified atom stereocenters. The normalized spacial score (nSPS) is 23.1. The Balaban J connectivity index is 1.58. The van der Waals surface area contributed by atoms with E-state index in [1.807, 2.05) is 4.90 Å². The molecule has 1 aromatic heterocycles. The molecule has 5 heteroatoms. The van der Waals surface area contributed by atoms with Crippen LogP contribution >= 0.6 is 11.3 Å². The zero-order valence-corrected chi connectivity index (χ0v) is 13.1. The number of ether oxygens (including phenoxy) is 1. The third-order valence-electron chi connectivity index (χ3n) is 4.55. The summed E-state index contributed by atoms with van der Waals surface area (Å²) in [5.41, 5.74) is 1.27. The molecule has 1 fully saturated rings. The summed E-state index contributed by atoms with van der Waals surface area (Å²) in [5, 5.41) is 10.9. The average Bonchev–Trinajstić information content (AvgIpc) is 3.01. The van der Waals surface area contributed by atoms with Gasteiger partial charge >= 0.3 is 0 Å². The van der Waals surface area contributed by atoms with Crippen LogP contribution < -0.4 is 0 Å². The molecule has 1 saturated heterocycles. The Morgan fingerprint density at radius 1 is 1.38 bits per heavy atom. The molecular formula is C16H23NO3S. The number of fused-ring (bicyclic) bond motifs is 1. The number of aliphatic hydroxyl groups excluding tert-OH is 1. The van der Waals surface area contributed by atoms with Gasteiger partial charge in [-0.2, -0.15) is 0 Å². The predicted octanol–water partition coefficient (Wildman–Crippen LogP) is 2.17. The van der Waals surface area contributed by atoms with Crippen LogP contribution in [0.5, 0.6) is 0 Å². The van der Waals surface area contributed by atoms with Crippen molar-refractivity contribution in [2.24, 2.45) is 0 Å². The van der Waals surface area contributed by atoms with Gasteiger partial charge in [0.25, 0.3) is 0 Å². The van der Waals surface area contributed by atoms with Crippen molar-refractivity contribution in [1.82, 2.24) is 4.90 Å². The highest BCUT2D eigenvalue weighted by molar-refractivity contribution is 7.10. The van der Waals surface area contributed by atoms with E-state index in [0.717, 1.165) is 45.2 Å². The molecular weight excluding hydrogens is 286 g/mol. The van der Waals surface area contributed by atoms with Crippen LogP contribution in [0, 0.1) is 0 Å². The number of amides is 1. The van der Waals surface area contributed by atoms with Crippen molar-refractivity contribution in [1.29, 1.82) is 0 Å². The van der Waals surface area contributed by atoms with Crippen molar-refractivity contribution >= 4 is 17.2 Å². The van der Waals surface area contributed by atoms with Crippen molar-refractivity contribution in [3.63, 3.8) is 0 Å². The van der Waals surface area contributed by atoms with Crippen LogP contribution in [0.15, 0.2) is 11.4 Å². The Labute approximate surface area is 129 Å². The van der Waals surface area contributed by atoms with Gasteiger partial charge < -0.3 is 14.7 Å². The molecule has 0 bridgehead atoms. The molecule has 2 heterocycles. The summed E-state index contributed by atoms with van der Waals surface area (Å²) < 4.78 is 5.56. The Bertz CT molecular complexity index is 480. The van der Waals surface area contributed by atoms with Gasteiger partial charge in [-0.1, -0.05) is 0 Å². The summed E-state index contributed by atoms with van der Waals surface area (Å²) in [6, 6.07) is 2.14. The first kappa shape index (κ1) is 15.0. The first-order chi connectivity index (χ1) is 10.3. The number of nitrogens with zero attached hydrogens (tertiary/aromatic N) is 1. The first-order valence-corrected chi connectivity index (χ1v) is 8.75. The zero-order valence-electron chi connectivity index (χ0n) is 12.3. The van der Waals surface area contributed by atoms with Gasteiger partial charge in [0.05, 0.1) is 25.2 Å². The highest BCUT2D eigenvalue weighted by Gasteiger charge is 2.32. The van der Waals surface area contributed by atoms with Gasteiger partial charge in [0.15, 0.2) is 0 Å².